The van der Waals surface area contributed by atoms with E-state index in [1.807, 2.05) is 0 Å². The minimum Gasteiger partial charge on any atom is -0.461 e. The third kappa shape index (κ3) is 3.98. The van der Waals surface area contributed by atoms with E-state index in [-0.39, 0.29) is 5.69 Å². The molecule has 0 aromatic carbocycles. The Morgan fingerprint density at radius 2 is 2.28 bits per heavy atom. The Morgan fingerprint density at radius 1 is 1.56 bits per heavy atom. The van der Waals surface area contributed by atoms with Crippen molar-refractivity contribution < 1.29 is 9.53 Å². The average molecular weight is 262 g/mol. The van der Waals surface area contributed by atoms with Crippen LogP contribution in [0.15, 0.2) is 18.3 Å². The Hall–Kier alpha value is -1.64. The molecule has 0 bridgehead atoms. The lowest BCUT2D eigenvalue weighted by molar-refractivity contribution is 0.0519. The Balaban J connectivity index is 3.07. The van der Waals surface area contributed by atoms with Crippen LogP contribution in [0.5, 0.6) is 0 Å². The first-order chi connectivity index (χ1) is 8.50. The van der Waals surface area contributed by atoms with E-state index in [2.05, 4.69) is 29.5 Å². The second-order valence-corrected chi connectivity index (χ2v) is 8.88. The zero-order valence-corrected chi connectivity index (χ0v) is 12.0. The van der Waals surface area contributed by atoms with Gasteiger partial charge >= 0.3 is 5.97 Å². The molecule has 0 fully saturated rings. The van der Waals surface area contributed by atoms with E-state index in [0.29, 0.717) is 18.3 Å². The van der Waals surface area contributed by atoms with Gasteiger partial charge in [-0.2, -0.15) is 0 Å². The van der Waals surface area contributed by atoms with Gasteiger partial charge in [0.05, 0.1) is 12.2 Å². The number of hydrogen-bond acceptors (Lipinski definition) is 4. The molecule has 1 aromatic rings. The fourth-order valence-corrected chi connectivity index (χ4v) is 1.73. The quantitative estimate of drug-likeness (QED) is 0.507. The molecule has 1 aromatic heterocycles. The summed E-state index contributed by atoms with van der Waals surface area (Å²) in [5.41, 5.74) is 9.72. The van der Waals surface area contributed by atoms with Crippen molar-refractivity contribution in [2.24, 2.45) is 5.73 Å². The Morgan fingerprint density at radius 3 is 2.89 bits per heavy atom. The fraction of sp³-hybridized carbons (Fsp3) is 0.385. The summed E-state index contributed by atoms with van der Waals surface area (Å²) in [5, 5.41) is 0. The Kier molecular flexibility index (Phi) is 5.07. The zero-order valence-electron chi connectivity index (χ0n) is 11.0. The highest BCUT2D eigenvalue weighted by atomic mass is 28.3. The molecular weight excluding hydrogens is 244 g/mol. The Bertz CT molecular complexity index is 489. The first-order valence-corrected chi connectivity index (χ1v) is 9.06. The summed E-state index contributed by atoms with van der Waals surface area (Å²) in [6.45, 7) is 6.25. The van der Waals surface area contributed by atoms with Crippen LogP contribution in [-0.4, -0.2) is 31.8 Å². The maximum Gasteiger partial charge on any atom is 0.358 e. The standard InChI is InChI=1S/C13H18N2O2Si/c1-4-17-13(16)12-11(6-5-8-15-12)7-9-18(2,3)10-14/h5-6,8H,4,10,14H2,1-3H3. The van der Waals surface area contributed by atoms with Gasteiger partial charge in [0.1, 0.15) is 8.07 Å². The molecule has 0 unspecified atom stereocenters. The summed E-state index contributed by atoms with van der Waals surface area (Å²) >= 11 is 0. The van der Waals surface area contributed by atoms with Gasteiger partial charge in [-0.05, 0) is 25.2 Å². The molecular formula is C13H18N2O2Si. The van der Waals surface area contributed by atoms with Crippen LogP contribution in [0.25, 0.3) is 0 Å². The van der Waals surface area contributed by atoms with E-state index in [1.54, 1.807) is 25.3 Å². The number of hydrogen-bond donors (Lipinski definition) is 1. The molecule has 5 heteroatoms. The molecule has 0 saturated carbocycles. The van der Waals surface area contributed by atoms with Gasteiger partial charge in [0, 0.05) is 6.20 Å². The van der Waals surface area contributed by atoms with Crippen molar-refractivity contribution in [2.45, 2.75) is 20.0 Å². The molecule has 0 aliphatic carbocycles. The van der Waals surface area contributed by atoms with Crippen LogP contribution < -0.4 is 5.73 Å². The van der Waals surface area contributed by atoms with Crippen molar-refractivity contribution in [3.63, 3.8) is 0 Å². The predicted octanol–water partition coefficient (Wildman–Crippen LogP) is 1.36. The second kappa shape index (κ2) is 6.33. The number of aromatic nitrogens is 1. The van der Waals surface area contributed by atoms with E-state index in [0.717, 1.165) is 0 Å². The summed E-state index contributed by atoms with van der Waals surface area (Å²) in [4.78, 5) is 15.7. The van der Waals surface area contributed by atoms with Gasteiger partial charge in [-0.25, -0.2) is 9.78 Å². The number of rotatable bonds is 3. The van der Waals surface area contributed by atoms with E-state index >= 15 is 0 Å². The van der Waals surface area contributed by atoms with Crippen molar-refractivity contribution in [1.82, 2.24) is 4.98 Å². The van der Waals surface area contributed by atoms with Crippen LogP contribution in [0.1, 0.15) is 23.0 Å². The lowest BCUT2D eigenvalue weighted by Gasteiger charge is -2.09. The molecule has 0 radical (unpaired) electrons. The largest absolute Gasteiger partial charge is 0.461 e. The summed E-state index contributed by atoms with van der Waals surface area (Å²) < 4.78 is 4.94. The predicted molar refractivity (Wildman–Crippen MR) is 73.6 cm³/mol. The molecule has 96 valence electrons. The number of ether oxygens (including phenoxy) is 1. The van der Waals surface area contributed by atoms with E-state index in [9.17, 15) is 4.79 Å². The highest BCUT2D eigenvalue weighted by Crippen LogP contribution is 2.06. The molecule has 4 nitrogen and oxygen atoms in total. The molecule has 1 heterocycles. The molecule has 0 aliphatic rings. The molecule has 1 rings (SSSR count). The molecule has 0 atom stereocenters. The van der Waals surface area contributed by atoms with Crippen LogP contribution in [0, 0.1) is 11.5 Å². The fourth-order valence-electron chi connectivity index (χ4n) is 1.16. The average Bonchev–Trinajstić information content (AvgIpc) is 2.37. The highest BCUT2D eigenvalue weighted by molar-refractivity contribution is 6.85. The third-order valence-corrected chi connectivity index (χ3v) is 4.14. The summed E-state index contributed by atoms with van der Waals surface area (Å²) in [6.07, 6.45) is 2.15. The summed E-state index contributed by atoms with van der Waals surface area (Å²) in [7, 11) is -1.70. The minimum absolute atomic E-state index is 0.272. The zero-order chi connectivity index (χ0) is 13.6. The minimum atomic E-state index is -1.70. The molecule has 18 heavy (non-hydrogen) atoms. The van der Waals surface area contributed by atoms with E-state index in [4.69, 9.17) is 10.5 Å². The number of pyridine rings is 1. The van der Waals surface area contributed by atoms with Gasteiger partial charge in [0.2, 0.25) is 0 Å². The van der Waals surface area contributed by atoms with Crippen molar-refractivity contribution in [3.8, 4) is 11.5 Å². The normalized spacial score (nSPS) is 10.4. The van der Waals surface area contributed by atoms with Crippen molar-refractivity contribution in [2.75, 3.05) is 12.8 Å². The lowest BCUT2D eigenvalue weighted by Crippen LogP contribution is -2.34. The van der Waals surface area contributed by atoms with Gasteiger partial charge in [0.25, 0.3) is 0 Å². The number of nitrogens with two attached hydrogens (primary N) is 1. The highest BCUT2D eigenvalue weighted by Gasteiger charge is 2.16. The van der Waals surface area contributed by atoms with Crippen LogP contribution in [0.4, 0.5) is 0 Å². The number of nitrogens with zero attached hydrogens (tertiary/aromatic N) is 1. The van der Waals surface area contributed by atoms with Crippen LogP contribution in [-0.2, 0) is 4.74 Å². The van der Waals surface area contributed by atoms with Crippen molar-refractivity contribution in [3.05, 3.63) is 29.6 Å². The van der Waals surface area contributed by atoms with Crippen LogP contribution in [0.2, 0.25) is 13.1 Å². The molecule has 0 amide bonds. The van der Waals surface area contributed by atoms with Gasteiger partial charge in [-0.15, -0.1) is 5.54 Å². The van der Waals surface area contributed by atoms with Crippen molar-refractivity contribution in [1.29, 1.82) is 0 Å². The van der Waals surface area contributed by atoms with Gasteiger partial charge in [0.15, 0.2) is 5.69 Å². The van der Waals surface area contributed by atoms with Crippen LogP contribution >= 0.6 is 0 Å². The van der Waals surface area contributed by atoms with Crippen LogP contribution in [0.3, 0.4) is 0 Å². The summed E-state index contributed by atoms with van der Waals surface area (Å²) in [5.74, 6) is 2.58. The lowest BCUT2D eigenvalue weighted by atomic mass is 10.2. The summed E-state index contributed by atoms with van der Waals surface area (Å²) in [6, 6.07) is 3.52. The second-order valence-electron chi connectivity index (χ2n) is 4.46. The molecule has 0 saturated heterocycles. The molecule has 0 spiro atoms. The number of carbonyl (C=O) groups is 1. The molecule has 2 N–H and O–H groups in total. The molecule has 0 aliphatic heterocycles. The number of carbonyl (C=O) groups excluding carboxylic acids is 1. The number of esters is 1. The van der Waals surface area contributed by atoms with Crippen molar-refractivity contribution >= 4 is 14.0 Å². The monoisotopic (exact) mass is 262 g/mol. The smallest absolute Gasteiger partial charge is 0.358 e. The van der Waals surface area contributed by atoms with E-state index in [1.165, 1.54) is 0 Å². The van der Waals surface area contributed by atoms with Gasteiger partial charge in [-0.1, -0.05) is 19.0 Å². The third-order valence-electron chi connectivity index (χ3n) is 2.32. The van der Waals surface area contributed by atoms with E-state index < -0.39 is 14.0 Å². The van der Waals surface area contributed by atoms with Gasteiger partial charge < -0.3 is 10.5 Å². The first kappa shape index (κ1) is 14.4. The maximum absolute atomic E-state index is 11.7. The Labute approximate surface area is 109 Å². The topological polar surface area (TPSA) is 65.2 Å². The van der Waals surface area contributed by atoms with Gasteiger partial charge in [-0.3, -0.25) is 0 Å². The first-order valence-electron chi connectivity index (χ1n) is 5.85. The maximum atomic E-state index is 11.7. The SMILES string of the molecule is CCOC(=O)c1ncccc1C#C[Si](C)(C)CN.